The normalized spacial score (nSPS) is 12.3. The number of nitrogens with zero attached hydrogens (tertiary/aromatic N) is 2. The number of hydrogen-bond acceptors (Lipinski definition) is 2. The third-order valence-electron chi connectivity index (χ3n) is 3.41. The molecule has 1 unspecified atom stereocenters. The van der Waals surface area contributed by atoms with Crippen molar-refractivity contribution in [1.29, 1.82) is 0 Å². The van der Waals surface area contributed by atoms with Gasteiger partial charge in [0.2, 0.25) is 0 Å². The molecular formula is C17H12Br2Cl2N2S. The molecule has 0 saturated heterocycles. The second-order valence-corrected chi connectivity index (χ2v) is 8.96. The minimum absolute atomic E-state index is 0.167. The SMILES string of the molecule is Clc1ccc(SC(Cn2ccnc2)c2ccc(Br)cc2Br)c(Cl)c1. The lowest BCUT2D eigenvalue weighted by Gasteiger charge is -2.20. The lowest BCUT2D eigenvalue weighted by atomic mass is 10.1. The van der Waals surface area contributed by atoms with Gasteiger partial charge in [-0.15, -0.1) is 11.8 Å². The van der Waals surface area contributed by atoms with Crippen LogP contribution in [-0.4, -0.2) is 9.55 Å². The van der Waals surface area contributed by atoms with Crippen molar-refractivity contribution in [3.05, 3.63) is 79.7 Å². The first-order valence-corrected chi connectivity index (χ1v) is 10.3. The van der Waals surface area contributed by atoms with Crippen LogP contribution in [0, 0.1) is 0 Å². The van der Waals surface area contributed by atoms with Crippen molar-refractivity contribution in [2.75, 3.05) is 0 Å². The van der Waals surface area contributed by atoms with E-state index in [9.17, 15) is 0 Å². The van der Waals surface area contributed by atoms with E-state index in [1.54, 1.807) is 24.0 Å². The summed E-state index contributed by atoms with van der Waals surface area (Å²) in [5, 5.41) is 1.47. The highest BCUT2D eigenvalue weighted by atomic mass is 79.9. The molecule has 0 radical (unpaired) electrons. The predicted octanol–water partition coefficient (Wildman–Crippen LogP) is 7.25. The number of thioether (sulfide) groups is 1. The third kappa shape index (κ3) is 4.58. The fourth-order valence-electron chi connectivity index (χ4n) is 2.27. The zero-order valence-electron chi connectivity index (χ0n) is 12.3. The molecule has 3 aromatic rings. The molecule has 1 heterocycles. The summed E-state index contributed by atoms with van der Waals surface area (Å²) < 4.78 is 4.16. The van der Waals surface area contributed by atoms with Crippen LogP contribution in [0.2, 0.25) is 10.0 Å². The first-order chi connectivity index (χ1) is 11.5. The Morgan fingerprint density at radius 3 is 2.62 bits per heavy atom. The van der Waals surface area contributed by atoms with Crippen LogP contribution in [0.1, 0.15) is 10.8 Å². The van der Waals surface area contributed by atoms with Crippen molar-refractivity contribution < 1.29 is 0 Å². The van der Waals surface area contributed by atoms with Gasteiger partial charge in [0.25, 0.3) is 0 Å². The van der Waals surface area contributed by atoms with E-state index in [1.807, 2.05) is 30.7 Å². The van der Waals surface area contributed by atoms with Crippen LogP contribution in [0.4, 0.5) is 0 Å². The van der Waals surface area contributed by atoms with Gasteiger partial charge in [-0.05, 0) is 35.9 Å². The van der Waals surface area contributed by atoms with Gasteiger partial charge >= 0.3 is 0 Å². The molecule has 2 nitrogen and oxygen atoms in total. The number of aromatic nitrogens is 2. The van der Waals surface area contributed by atoms with Crippen molar-refractivity contribution >= 4 is 66.8 Å². The molecule has 124 valence electrons. The van der Waals surface area contributed by atoms with E-state index in [0.717, 1.165) is 20.4 Å². The van der Waals surface area contributed by atoms with Gasteiger partial charge in [-0.1, -0.05) is 61.1 Å². The van der Waals surface area contributed by atoms with Crippen LogP contribution in [0.25, 0.3) is 0 Å². The predicted molar refractivity (Wildman–Crippen MR) is 109 cm³/mol. The standard InChI is InChI=1S/C17H12Br2Cl2N2S/c18-11-1-3-13(14(19)7-11)17(9-23-6-5-22-10-23)24-16-4-2-12(20)8-15(16)21/h1-8,10,17H,9H2. The molecular weight excluding hydrogens is 495 g/mol. The van der Waals surface area contributed by atoms with Crippen LogP contribution >= 0.6 is 66.8 Å². The highest BCUT2D eigenvalue weighted by Gasteiger charge is 2.18. The lowest BCUT2D eigenvalue weighted by molar-refractivity contribution is 0.682. The molecule has 0 fully saturated rings. The monoisotopic (exact) mass is 504 g/mol. The Balaban J connectivity index is 1.95. The number of hydrogen-bond donors (Lipinski definition) is 0. The Bertz CT molecular complexity index is 841. The summed E-state index contributed by atoms with van der Waals surface area (Å²) in [6.07, 6.45) is 5.57. The van der Waals surface area contributed by atoms with Gasteiger partial charge in [0.1, 0.15) is 0 Å². The van der Waals surface area contributed by atoms with Crippen LogP contribution in [-0.2, 0) is 6.54 Å². The summed E-state index contributed by atoms with van der Waals surface area (Å²) in [6.45, 7) is 0.782. The smallest absolute Gasteiger partial charge is 0.0946 e. The van der Waals surface area contributed by atoms with Crippen molar-refractivity contribution in [2.45, 2.75) is 16.7 Å². The van der Waals surface area contributed by atoms with E-state index in [4.69, 9.17) is 23.2 Å². The molecule has 0 amide bonds. The number of benzene rings is 2. The van der Waals surface area contributed by atoms with E-state index in [-0.39, 0.29) is 5.25 Å². The summed E-state index contributed by atoms with van der Waals surface area (Å²) in [6, 6.07) is 11.8. The first kappa shape index (κ1) is 18.3. The molecule has 3 rings (SSSR count). The average molecular weight is 507 g/mol. The molecule has 1 atom stereocenters. The molecule has 0 aliphatic rings. The Morgan fingerprint density at radius 2 is 1.96 bits per heavy atom. The van der Waals surface area contributed by atoms with Crippen molar-refractivity contribution in [2.24, 2.45) is 0 Å². The molecule has 0 spiro atoms. The maximum Gasteiger partial charge on any atom is 0.0946 e. The molecule has 24 heavy (non-hydrogen) atoms. The molecule has 1 aromatic heterocycles. The Hall–Kier alpha value is -0.460. The second kappa shape index (κ2) is 8.28. The lowest BCUT2D eigenvalue weighted by Crippen LogP contribution is -2.06. The van der Waals surface area contributed by atoms with Crippen LogP contribution < -0.4 is 0 Å². The average Bonchev–Trinajstić information content (AvgIpc) is 3.02. The maximum absolute atomic E-state index is 6.36. The van der Waals surface area contributed by atoms with Crippen LogP contribution in [0.15, 0.2) is 69.0 Å². The van der Waals surface area contributed by atoms with Crippen molar-refractivity contribution in [3.8, 4) is 0 Å². The molecule has 0 aliphatic carbocycles. The topological polar surface area (TPSA) is 17.8 Å². The summed E-state index contributed by atoms with van der Waals surface area (Å²) in [4.78, 5) is 5.13. The maximum atomic E-state index is 6.36. The summed E-state index contributed by atoms with van der Waals surface area (Å²) in [7, 11) is 0. The quantitative estimate of drug-likeness (QED) is 0.339. The van der Waals surface area contributed by atoms with E-state index >= 15 is 0 Å². The van der Waals surface area contributed by atoms with E-state index < -0.39 is 0 Å². The summed E-state index contributed by atoms with van der Waals surface area (Å²) >= 11 is 21.3. The van der Waals surface area contributed by atoms with Gasteiger partial charge in [-0.2, -0.15) is 0 Å². The summed E-state index contributed by atoms with van der Waals surface area (Å²) in [5.41, 5.74) is 1.20. The molecule has 0 saturated carbocycles. The van der Waals surface area contributed by atoms with E-state index in [2.05, 4.69) is 53.5 Å². The number of halogens is 4. The fourth-order valence-corrected chi connectivity index (χ4v) is 5.49. The van der Waals surface area contributed by atoms with E-state index in [1.165, 1.54) is 5.56 Å². The van der Waals surface area contributed by atoms with Crippen molar-refractivity contribution in [3.63, 3.8) is 0 Å². The molecule has 7 heteroatoms. The summed E-state index contributed by atoms with van der Waals surface area (Å²) in [5.74, 6) is 0. The zero-order valence-corrected chi connectivity index (χ0v) is 17.8. The van der Waals surface area contributed by atoms with Gasteiger partial charge in [0.15, 0.2) is 0 Å². The molecule has 2 aromatic carbocycles. The largest absolute Gasteiger partial charge is 0.336 e. The highest BCUT2D eigenvalue weighted by Crippen LogP contribution is 2.43. The first-order valence-electron chi connectivity index (χ1n) is 7.05. The van der Waals surface area contributed by atoms with Gasteiger partial charge in [0, 0.05) is 37.8 Å². The van der Waals surface area contributed by atoms with Gasteiger partial charge in [-0.3, -0.25) is 0 Å². The Kier molecular flexibility index (Phi) is 6.33. The highest BCUT2D eigenvalue weighted by molar-refractivity contribution is 9.11. The minimum atomic E-state index is 0.167. The second-order valence-electron chi connectivity index (χ2n) is 5.11. The zero-order chi connectivity index (χ0) is 17.1. The van der Waals surface area contributed by atoms with Crippen LogP contribution in [0.3, 0.4) is 0 Å². The molecule has 0 bridgehead atoms. The number of imidazole rings is 1. The van der Waals surface area contributed by atoms with Gasteiger partial charge in [-0.25, -0.2) is 4.98 Å². The Labute approximate surface area is 171 Å². The van der Waals surface area contributed by atoms with Gasteiger partial charge in [0.05, 0.1) is 16.6 Å². The van der Waals surface area contributed by atoms with Crippen LogP contribution in [0.5, 0.6) is 0 Å². The third-order valence-corrected chi connectivity index (χ3v) is 6.55. The van der Waals surface area contributed by atoms with Crippen molar-refractivity contribution in [1.82, 2.24) is 9.55 Å². The van der Waals surface area contributed by atoms with E-state index in [0.29, 0.717) is 10.0 Å². The molecule has 0 aliphatic heterocycles. The molecule has 0 N–H and O–H groups in total. The minimum Gasteiger partial charge on any atom is -0.336 e. The Morgan fingerprint density at radius 1 is 1.12 bits per heavy atom. The fraction of sp³-hybridized carbons (Fsp3) is 0.118. The number of rotatable bonds is 5. The van der Waals surface area contributed by atoms with Gasteiger partial charge < -0.3 is 4.57 Å².